The van der Waals surface area contributed by atoms with E-state index in [0.29, 0.717) is 21.3 Å². The average Bonchev–Trinajstić information content (AvgIpc) is 3.36. The fraction of sp³-hybridized carbons (Fsp3) is 0.176. The van der Waals surface area contributed by atoms with Crippen LogP contribution in [0.4, 0.5) is 5.69 Å². The molecule has 0 spiro atoms. The largest absolute Gasteiger partial charge is 0.274 e. The van der Waals surface area contributed by atoms with Gasteiger partial charge in [0.15, 0.2) is 0 Å². The van der Waals surface area contributed by atoms with Gasteiger partial charge in [-0.3, -0.25) is 9.59 Å². The van der Waals surface area contributed by atoms with Crippen LogP contribution in [0.25, 0.3) is 0 Å². The molecule has 112 valence electrons. The van der Waals surface area contributed by atoms with E-state index in [4.69, 9.17) is 23.2 Å². The molecule has 2 aromatic rings. The molecule has 5 heteroatoms. The second kappa shape index (κ2) is 6.11. The average molecular weight is 334 g/mol. The molecule has 2 aromatic carbocycles. The van der Waals surface area contributed by atoms with E-state index in [9.17, 15) is 9.59 Å². The first-order valence-corrected chi connectivity index (χ1v) is 7.72. The predicted molar refractivity (Wildman–Crippen MR) is 87.4 cm³/mol. The van der Waals surface area contributed by atoms with Gasteiger partial charge in [-0.05, 0) is 43.2 Å². The van der Waals surface area contributed by atoms with Crippen molar-refractivity contribution in [1.29, 1.82) is 0 Å². The van der Waals surface area contributed by atoms with Crippen LogP contribution in [0.15, 0.2) is 48.5 Å². The van der Waals surface area contributed by atoms with Gasteiger partial charge >= 0.3 is 0 Å². The Bertz CT molecular complexity index is 727. The molecular formula is C17H13Cl2NO2. The summed E-state index contributed by atoms with van der Waals surface area (Å²) < 4.78 is 0. The molecule has 0 aromatic heterocycles. The second-order valence-corrected chi connectivity index (χ2v) is 6.03. The zero-order valence-corrected chi connectivity index (χ0v) is 13.1. The summed E-state index contributed by atoms with van der Waals surface area (Å²) in [5, 5.41) is 0.699. The number of hydrogen-bond acceptors (Lipinski definition) is 2. The summed E-state index contributed by atoms with van der Waals surface area (Å²) in [7, 11) is 0. The van der Waals surface area contributed by atoms with Crippen LogP contribution in [-0.4, -0.2) is 11.8 Å². The van der Waals surface area contributed by atoms with Gasteiger partial charge in [-0.25, -0.2) is 4.90 Å². The van der Waals surface area contributed by atoms with Crippen LogP contribution in [0.2, 0.25) is 10.0 Å². The Labute approximate surface area is 138 Å². The molecule has 0 N–H and O–H groups in total. The number of carbonyl (C=O) groups excluding carboxylic acids is 2. The highest BCUT2D eigenvalue weighted by Gasteiger charge is 2.37. The summed E-state index contributed by atoms with van der Waals surface area (Å²) in [5.74, 6) is -0.620. The SMILES string of the molecule is O=C(c1ccccc1)N(C(=O)C1CC1)c1ccc(Cl)c(Cl)c1. The topological polar surface area (TPSA) is 37.4 Å². The molecule has 0 aliphatic heterocycles. The number of nitrogens with zero attached hydrogens (tertiary/aromatic N) is 1. The summed E-state index contributed by atoms with van der Waals surface area (Å²) in [6.45, 7) is 0. The van der Waals surface area contributed by atoms with Crippen molar-refractivity contribution in [3.05, 3.63) is 64.1 Å². The molecule has 1 aliphatic rings. The molecule has 3 rings (SSSR count). The first-order chi connectivity index (χ1) is 10.6. The zero-order valence-electron chi connectivity index (χ0n) is 11.6. The maximum atomic E-state index is 12.7. The minimum absolute atomic E-state index is 0.0814. The zero-order chi connectivity index (χ0) is 15.7. The van der Waals surface area contributed by atoms with Crippen molar-refractivity contribution in [2.24, 2.45) is 5.92 Å². The third-order valence-electron chi connectivity index (χ3n) is 3.53. The maximum absolute atomic E-state index is 12.7. The molecule has 1 fully saturated rings. The van der Waals surface area contributed by atoms with Crippen LogP contribution in [0.3, 0.4) is 0 Å². The maximum Gasteiger partial charge on any atom is 0.265 e. The van der Waals surface area contributed by atoms with Crippen molar-refractivity contribution in [1.82, 2.24) is 0 Å². The van der Waals surface area contributed by atoms with Gasteiger partial charge in [-0.15, -0.1) is 0 Å². The first kappa shape index (κ1) is 15.1. The Balaban J connectivity index is 2.01. The molecule has 2 amide bonds. The van der Waals surface area contributed by atoms with E-state index in [1.165, 1.54) is 4.90 Å². The van der Waals surface area contributed by atoms with Crippen molar-refractivity contribution in [2.75, 3.05) is 4.90 Å². The molecule has 0 bridgehead atoms. The summed E-state index contributed by atoms with van der Waals surface area (Å²) in [6.07, 6.45) is 1.64. The third-order valence-corrected chi connectivity index (χ3v) is 4.27. The van der Waals surface area contributed by atoms with E-state index in [0.717, 1.165) is 12.8 Å². The number of hydrogen-bond donors (Lipinski definition) is 0. The highest BCUT2D eigenvalue weighted by Crippen LogP contribution is 2.35. The van der Waals surface area contributed by atoms with E-state index in [1.807, 2.05) is 6.07 Å². The van der Waals surface area contributed by atoms with Crippen LogP contribution < -0.4 is 4.90 Å². The molecular weight excluding hydrogens is 321 g/mol. The Morgan fingerprint density at radius 3 is 2.23 bits per heavy atom. The van der Waals surface area contributed by atoms with E-state index in [-0.39, 0.29) is 17.7 Å². The van der Waals surface area contributed by atoms with Crippen LogP contribution in [0.1, 0.15) is 23.2 Å². The third kappa shape index (κ3) is 3.01. The van der Waals surface area contributed by atoms with Gasteiger partial charge in [0.05, 0.1) is 15.7 Å². The number of halogens is 2. The minimum Gasteiger partial charge on any atom is -0.274 e. The van der Waals surface area contributed by atoms with E-state index >= 15 is 0 Å². The lowest BCUT2D eigenvalue weighted by atomic mass is 10.1. The lowest BCUT2D eigenvalue weighted by Gasteiger charge is -2.21. The van der Waals surface area contributed by atoms with E-state index in [1.54, 1.807) is 42.5 Å². The smallest absolute Gasteiger partial charge is 0.265 e. The minimum atomic E-state index is -0.351. The highest BCUT2D eigenvalue weighted by molar-refractivity contribution is 6.42. The summed E-state index contributed by atoms with van der Waals surface area (Å²) in [6, 6.07) is 13.5. The molecule has 1 aliphatic carbocycles. The van der Waals surface area contributed by atoms with Crippen LogP contribution in [-0.2, 0) is 4.79 Å². The molecule has 0 unspecified atom stereocenters. The van der Waals surface area contributed by atoms with Crippen LogP contribution >= 0.6 is 23.2 Å². The van der Waals surface area contributed by atoms with Gasteiger partial charge < -0.3 is 0 Å². The van der Waals surface area contributed by atoms with Crippen molar-refractivity contribution >= 4 is 40.7 Å². The number of amides is 2. The van der Waals surface area contributed by atoms with E-state index in [2.05, 4.69) is 0 Å². The van der Waals surface area contributed by atoms with Crippen molar-refractivity contribution < 1.29 is 9.59 Å². The lowest BCUT2D eigenvalue weighted by Crippen LogP contribution is -2.38. The highest BCUT2D eigenvalue weighted by atomic mass is 35.5. The monoisotopic (exact) mass is 333 g/mol. The Hall–Kier alpha value is -1.84. The molecule has 0 saturated heterocycles. The van der Waals surface area contributed by atoms with Crippen LogP contribution in [0.5, 0.6) is 0 Å². The van der Waals surface area contributed by atoms with Crippen molar-refractivity contribution in [3.8, 4) is 0 Å². The number of benzene rings is 2. The number of rotatable bonds is 3. The van der Waals surface area contributed by atoms with Crippen molar-refractivity contribution in [2.45, 2.75) is 12.8 Å². The summed E-state index contributed by atoms with van der Waals surface area (Å²) in [5.41, 5.74) is 0.905. The number of carbonyl (C=O) groups is 2. The fourth-order valence-corrected chi connectivity index (χ4v) is 2.48. The fourth-order valence-electron chi connectivity index (χ4n) is 2.19. The number of anilines is 1. The van der Waals surface area contributed by atoms with Gasteiger partial charge in [0, 0.05) is 11.5 Å². The molecule has 1 saturated carbocycles. The predicted octanol–water partition coefficient (Wildman–Crippen LogP) is 4.58. The van der Waals surface area contributed by atoms with Gasteiger partial charge in [0.25, 0.3) is 5.91 Å². The van der Waals surface area contributed by atoms with Crippen LogP contribution in [0, 0.1) is 5.92 Å². The van der Waals surface area contributed by atoms with Gasteiger partial charge in [0.2, 0.25) is 5.91 Å². The standard InChI is InChI=1S/C17H13Cl2NO2/c18-14-9-8-13(10-15(14)19)20(17(22)12-6-7-12)16(21)11-4-2-1-3-5-11/h1-5,8-10,12H,6-7H2. The number of imide groups is 1. The van der Waals surface area contributed by atoms with Gasteiger partial charge in [0.1, 0.15) is 0 Å². The molecule has 0 heterocycles. The Morgan fingerprint density at radius 1 is 0.955 bits per heavy atom. The molecule has 22 heavy (non-hydrogen) atoms. The Kier molecular flexibility index (Phi) is 4.19. The summed E-state index contributed by atoms with van der Waals surface area (Å²) in [4.78, 5) is 26.5. The lowest BCUT2D eigenvalue weighted by molar-refractivity contribution is -0.119. The molecule has 0 atom stereocenters. The van der Waals surface area contributed by atoms with Gasteiger partial charge in [-0.1, -0.05) is 41.4 Å². The molecule has 3 nitrogen and oxygen atoms in total. The van der Waals surface area contributed by atoms with E-state index < -0.39 is 0 Å². The second-order valence-electron chi connectivity index (χ2n) is 5.22. The first-order valence-electron chi connectivity index (χ1n) is 6.96. The van der Waals surface area contributed by atoms with Gasteiger partial charge in [-0.2, -0.15) is 0 Å². The quantitative estimate of drug-likeness (QED) is 0.771. The summed E-state index contributed by atoms with van der Waals surface area (Å²) >= 11 is 11.9. The molecule has 0 radical (unpaired) electrons. The van der Waals surface area contributed by atoms with Crippen molar-refractivity contribution in [3.63, 3.8) is 0 Å². The Morgan fingerprint density at radius 2 is 1.64 bits per heavy atom. The normalized spacial score (nSPS) is 13.7.